The number of aromatic nitrogens is 2. The fraction of sp³-hybridized carbons (Fsp3) is 0.400. The maximum atomic E-state index is 11.6. The molecule has 0 atom stereocenters. The van der Waals surface area contributed by atoms with E-state index < -0.39 is 0 Å². The Morgan fingerprint density at radius 1 is 1.64 bits per heavy atom. The maximum Gasteiger partial charge on any atom is 0.267 e. The summed E-state index contributed by atoms with van der Waals surface area (Å²) in [5.74, 6) is 6.43. The molecule has 0 unspecified atom stereocenters. The van der Waals surface area contributed by atoms with E-state index in [1.807, 2.05) is 6.92 Å². The standard InChI is InChI=1S/C10H11BrN2O/c1-3-4-5-6-13-8(2)12-7-9(11)10(13)14/h7H,5-6H2,1-2H3. The van der Waals surface area contributed by atoms with E-state index in [4.69, 9.17) is 0 Å². The van der Waals surface area contributed by atoms with Crippen LogP contribution < -0.4 is 5.56 Å². The first-order valence-electron chi connectivity index (χ1n) is 4.28. The van der Waals surface area contributed by atoms with Crippen LogP contribution in [0.25, 0.3) is 0 Å². The average Bonchev–Trinajstić information content (AvgIpc) is 2.18. The van der Waals surface area contributed by atoms with Gasteiger partial charge in [-0.25, -0.2) is 4.98 Å². The van der Waals surface area contributed by atoms with Gasteiger partial charge in [0.15, 0.2) is 0 Å². The van der Waals surface area contributed by atoms with Crippen LogP contribution in [0.3, 0.4) is 0 Å². The highest BCUT2D eigenvalue weighted by Crippen LogP contribution is 2.01. The molecular formula is C10H11BrN2O. The Hall–Kier alpha value is -1.08. The molecule has 3 nitrogen and oxygen atoms in total. The van der Waals surface area contributed by atoms with Gasteiger partial charge in [-0.3, -0.25) is 9.36 Å². The summed E-state index contributed by atoms with van der Waals surface area (Å²) in [5.41, 5.74) is -0.0459. The molecule has 0 fully saturated rings. The van der Waals surface area contributed by atoms with Gasteiger partial charge in [-0.1, -0.05) is 0 Å². The monoisotopic (exact) mass is 254 g/mol. The second kappa shape index (κ2) is 4.97. The summed E-state index contributed by atoms with van der Waals surface area (Å²) >= 11 is 3.16. The number of nitrogens with zero attached hydrogens (tertiary/aromatic N) is 2. The summed E-state index contributed by atoms with van der Waals surface area (Å²) in [6.45, 7) is 4.19. The summed E-state index contributed by atoms with van der Waals surface area (Å²) in [6, 6.07) is 0. The second-order valence-electron chi connectivity index (χ2n) is 2.79. The second-order valence-corrected chi connectivity index (χ2v) is 3.64. The van der Waals surface area contributed by atoms with Crippen molar-refractivity contribution in [1.82, 2.24) is 9.55 Å². The zero-order valence-electron chi connectivity index (χ0n) is 8.17. The van der Waals surface area contributed by atoms with Gasteiger partial charge in [0.2, 0.25) is 0 Å². The topological polar surface area (TPSA) is 34.9 Å². The van der Waals surface area contributed by atoms with Crippen molar-refractivity contribution in [3.05, 3.63) is 26.8 Å². The maximum absolute atomic E-state index is 11.6. The van der Waals surface area contributed by atoms with E-state index in [-0.39, 0.29) is 5.56 Å². The minimum Gasteiger partial charge on any atom is -0.295 e. The van der Waals surface area contributed by atoms with Crippen molar-refractivity contribution in [3.63, 3.8) is 0 Å². The summed E-state index contributed by atoms with van der Waals surface area (Å²) < 4.78 is 2.11. The van der Waals surface area contributed by atoms with Crippen LogP contribution in [0.15, 0.2) is 15.5 Å². The lowest BCUT2D eigenvalue weighted by Crippen LogP contribution is -2.23. The fourth-order valence-electron chi connectivity index (χ4n) is 1.11. The minimum absolute atomic E-state index is 0.0459. The molecule has 0 amide bonds. The van der Waals surface area contributed by atoms with Gasteiger partial charge in [0, 0.05) is 19.2 Å². The first-order valence-corrected chi connectivity index (χ1v) is 5.07. The Morgan fingerprint density at radius 3 is 3.00 bits per heavy atom. The quantitative estimate of drug-likeness (QED) is 0.754. The predicted molar refractivity (Wildman–Crippen MR) is 59.0 cm³/mol. The van der Waals surface area contributed by atoms with Gasteiger partial charge < -0.3 is 0 Å². The van der Waals surface area contributed by atoms with E-state index in [0.717, 1.165) is 5.82 Å². The lowest BCUT2D eigenvalue weighted by atomic mass is 10.4. The van der Waals surface area contributed by atoms with Crippen LogP contribution in [-0.4, -0.2) is 9.55 Å². The van der Waals surface area contributed by atoms with Crippen molar-refractivity contribution in [2.75, 3.05) is 0 Å². The van der Waals surface area contributed by atoms with Gasteiger partial charge in [-0.05, 0) is 29.8 Å². The van der Waals surface area contributed by atoms with Crippen LogP contribution >= 0.6 is 15.9 Å². The molecule has 4 heteroatoms. The normalized spacial score (nSPS) is 9.36. The van der Waals surface area contributed by atoms with E-state index in [9.17, 15) is 4.79 Å². The van der Waals surface area contributed by atoms with Gasteiger partial charge >= 0.3 is 0 Å². The van der Waals surface area contributed by atoms with Crippen molar-refractivity contribution in [3.8, 4) is 11.8 Å². The molecule has 0 saturated heterocycles. The van der Waals surface area contributed by atoms with Crippen molar-refractivity contribution >= 4 is 15.9 Å². The van der Waals surface area contributed by atoms with Crippen molar-refractivity contribution < 1.29 is 0 Å². The van der Waals surface area contributed by atoms with Crippen LogP contribution in [0.5, 0.6) is 0 Å². The Balaban J connectivity index is 2.99. The third kappa shape index (κ3) is 2.46. The van der Waals surface area contributed by atoms with Crippen LogP contribution in [0.1, 0.15) is 19.2 Å². The molecule has 1 heterocycles. The average molecular weight is 255 g/mol. The highest BCUT2D eigenvalue weighted by molar-refractivity contribution is 9.10. The van der Waals surface area contributed by atoms with E-state index in [2.05, 4.69) is 32.8 Å². The minimum atomic E-state index is -0.0459. The first kappa shape index (κ1) is 11.0. The lowest BCUT2D eigenvalue weighted by Gasteiger charge is -2.06. The Morgan fingerprint density at radius 2 is 2.36 bits per heavy atom. The molecule has 1 aromatic heterocycles. The van der Waals surface area contributed by atoms with Gasteiger partial charge in [0.1, 0.15) is 10.3 Å². The smallest absolute Gasteiger partial charge is 0.267 e. The van der Waals surface area contributed by atoms with Crippen molar-refractivity contribution in [2.24, 2.45) is 0 Å². The molecule has 0 radical (unpaired) electrons. The summed E-state index contributed by atoms with van der Waals surface area (Å²) in [4.78, 5) is 15.7. The fourth-order valence-corrected chi connectivity index (χ4v) is 1.42. The highest BCUT2D eigenvalue weighted by atomic mass is 79.9. The molecule has 0 aliphatic rings. The number of hydrogen-bond acceptors (Lipinski definition) is 2. The largest absolute Gasteiger partial charge is 0.295 e. The van der Waals surface area contributed by atoms with Crippen LogP contribution in [0.4, 0.5) is 0 Å². The molecular weight excluding hydrogens is 244 g/mol. The molecule has 0 spiro atoms. The van der Waals surface area contributed by atoms with Gasteiger partial charge in [0.25, 0.3) is 5.56 Å². The molecule has 0 aliphatic heterocycles. The Bertz CT molecular complexity index is 440. The van der Waals surface area contributed by atoms with E-state index >= 15 is 0 Å². The van der Waals surface area contributed by atoms with E-state index in [1.54, 1.807) is 11.5 Å². The summed E-state index contributed by atoms with van der Waals surface area (Å²) in [6.07, 6.45) is 2.20. The molecule has 74 valence electrons. The van der Waals surface area contributed by atoms with Gasteiger partial charge in [-0.2, -0.15) is 0 Å². The first-order chi connectivity index (χ1) is 6.66. The zero-order valence-corrected chi connectivity index (χ0v) is 9.76. The number of halogens is 1. The molecule has 0 bridgehead atoms. The number of hydrogen-bond donors (Lipinski definition) is 0. The number of rotatable bonds is 2. The molecule has 14 heavy (non-hydrogen) atoms. The van der Waals surface area contributed by atoms with Crippen molar-refractivity contribution in [1.29, 1.82) is 0 Å². The number of aryl methyl sites for hydroxylation is 1. The molecule has 1 rings (SSSR count). The molecule has 0 aromatic carbocycles. The third-order valence-electron chi connectivity index (χ3n) is 1.84. The Kier molecular flexibility index (Phi) is 3.90. The molecule has 0 N–H and O–H groups in total. The van der Waals surface area contributed by atoms with Gasteiger partial charge in [-0.15, -0.1) is 11.8 Å². The zero-order chi connectivity index (χ0) is 10.6. The van der Waals surface area contributed by atoms with Crippen molar-refractivity contribution in [2.45, 2.75) is 26.8 Å². The molecule has 0 aliphatic carbocycles. The Labute approximate surface area is 91.3 Å². The summed E-state index contributed by atoms with van der Waals surface area (Å²) in [7, 11) is 0. The van der Waals surface area contributed by atoms with E-state index in [1.165, 1.54) is 6.20 Å². The van der Waals surface area contributed by atoms with Crippen LogP contribution in [-0.2, 0) is 6.54 Å². The van der Waals surface area contributed by atoms with Crippen LogP contribution in [0, 0.1) is 18.8 Å². The van der Waals surface area contributed by atoms with Gasteiger partial charge in [0.05, 0.1) is 0 Å². The van der Waals surface area contributed by atoms with E-state index in [0.29, 0.717) is 17.4 Å². The molecule has 0 saturated carbocycles. The molecule has 1 aromatic rings. The van der Waals surface area contributed by atoms with Crippen LogP contribution in [0.2, 0.25) is 0 Å². The lowest BCUT2D eigenvalue weighted by molar-refractivity contribution is 0.641. The summed E-state index contributed by atoms with van der Waals surface area (Å²) in [5, 5.41) is 0. The predicted octanol–water partition coefficient (Wildman–Crippen LogP) is 1.73. The third-order valence-corrected chi connectivity index (χ3v) is 2.39. The highest BCUT2D eigenvalue weighted by Gasteiger charge is 2.03. The SMILES string of the molecule is CC#CCCn1c(C)ncc(Br)c1=O.